The van der Waals surface area contributed by atoms with Gasteiger partial charge in [0.05, 0.1) is 6.04 Å². The van der Waals surface area contributed by atoms with E-state index < -0.39 is 0 Å². The van der Waals surface area contributed by atoms with E-state index in [-0.39, 0.29) is 11.9 Å². The highest BCUT2D eigenvalue weighted by molar-refractivity contribution is 5.74. The molecule has 0 saturated heterocycles. The van der Waals surface area contributed by atoms with E-state index in [4.69, 9.17) is 0 Å². The van der Waals surface area contributed by atoms with Crippen molar-refractivity contribution in [2.24, 2.45) is 0 Å². The van der Waals surface area contributed by atoms with E-state index >= 15 is 0 Å². The zero-order chi connectivity index (χ0) is 14.2. The first kappa shape index (κ1) is 13.9. The Balaban J connectivity index is 2.48. The van der Waals surface area contributed by atoms with Crippen LogP contribution in [0.2, 0.25) is 0 Å². The molecule has 1 aromatic rings. The highest BCUT2D eigenvalue weighted by atomic mass is 16.2. The van der Waals surface area contributed by atoms with Crippen molar-refractivity contribution in [1.29, 1.82) is 0 Å². The Morgan fingerprint density at radius 3 is 2.74 bits per heavy atom. The molecule has 0 fully saturated rings. The largest absolute Gasteiger partial charge is 0.371 e. The molecule has 0 spiro atoms. The van der Waals surface area contributed by atoms with Gasteiger partial charge in [-0.05, 0) is 31.4 Å². The van der Waals surface area contributed by atoms with Crippen LogP contribution in [0.5, 0.6) is 0 Å². The zero-order valence-electron chi connectivity index (χ0n) is 12.6. The number of anilines is 1. The molecule has 1 heterocycles. The molecule has 0 aromatic heterocycles. The normalized spacial score (nSPS) is 22.1. The van der Waals surface area contributed by atoms with Crippen LogP contribution in [0.3, 0.4) is 0 Å². The van der Waals surface area contributed by atoms with Crippen LogP contribution in [0.1, 0.15) is 43.9 Å². The predicted octanol–water partition coefficient (Wildman–Crippen LogP) is 3.13. The van der Waals surface area contributed by atoms with E-state index in [9.17, 15) is 4.79 Å². The van der Waals surface area contributed by atoms with Gasteiger partial charge in [0.1, 0.15) is 0 Å². The first-order chi connectivity index (χ1) is 8.95. The summed E-state index contributed by atoms with van der Waals surface area (Å²) in [5.74, 6) is 0.136. The van der Waals surface area contributed by atoms with Crippen molar-refractivity contribution in [3.05, 3.63) is 29.3 Å². The Kier molecular flexibility index (Phi) is 3.83. The number of benzene rings is 1. The number of rotatable bonds is 2. The van der Waals surface area contributed by atoms with E-state index in [1.54, 1.807) is 6.92 Å². The van der Waals surface area contributed by atoms with E-state index in [1.807, 2.05) is 11.9 Å². The minimum atomic E-state index is 0.136. The number of carbonyl (C=O) groups is 1. The molecule has 0 aliphatic carbocycles. The van der Waals surface area contributed by atoms with Gasteiger partial charge in [0, 0.05) is 32.7 Å². The van der Waals surface area contributed by atoms with E-state index in [0.717, 1.165) is 12.8 Å². The lowest BCUT2D eigenvalue weighted by Crippen LogP contribution is -2.42. The summed E-state index contributed by atoms with van der Waals surface area (Å²) >= 11 is 0. The minimum Gasteiger partial charge on any atom is -0.371 e. The van der Waals surface area contributed by atoms with Crippen LogP contribution in [0.15, 0.2) is 18.2 Å². The lowest BCUT2D eigenvalue weighted by atomic mass is 9.88. The van der Waals surface area contributed by atoms with Gasteiger partial charge in [-0.3, -0.25) is 4.79 Å². The van der Waals surface area contributed by atoms with Gasteiger partial charge in [-0.1, -0.05) is 24.6 Å². The molecule has 3 heteroatoms. The molecular formula is C16H24N2O. The number of fused-ring (bicyclic) bond motifs is 1. The van der Waals surface area contributed by atoms with Crippen molar-refractivity contribution in [2.75, 3.05) is 19.0 Å². The highest BCUT2D eigenvalue weighted by Gasteiger charge is 2.32. The molecule has 2 atom stereocenters. The monoisotopic (exact) mass is 260 g/mol. The second-order valence-corrected chi connectivity index (χ2v) is 5.62. The molecule has 104 valence electrons. The number of amides is 1. The third-order valence-corrected chi connectivity index (χ3v) is 4.40. The van der Waals surface area contributed by atoms with Crippen LogP contribution in [0, 0.1) is 6.92 Å². The maximum absolute atomic E-state index is 11.7. The molecule has 1 aliphatic rings. The van der Waals surface area contributed by atoms with E-state index in [1.165, 1.54) is 16.8 Å². The Morgan fingerprint density at radius 2 is 2.16 bits per heavy atom. The van der Waals surface area contributed by atoms with Crippen LogP contribution in [-0.2, 0) is 4.79 Å². The van der Waals surface area contributed by atoms with Crippen LogP contribution < -0.4 is 4.90 Å². The number of aryl methyl sites for hydroxylation is 1. The second-order valence-electron chi connectivity index (χ2n) is 5.62. The van der Waals surface area contributed by atoms with Gasteiger partial charge in [-0.25, -0.2) is 0 Å². The third kappa shape index (κ3) is 2.46. The molecule has 2 rings (SSSR count). The predicted molar refractivity (Wildman–Crippen MR) is 79.5 cm³/mol. The van der Waals surface area contributed by atoms with Gasteiger partial charge < -0.3 is 9.80 Å². The molecular weight excluding hydrogens is 236 g/mol. The quantitative estimate of drug-likeness (QED) is 0.815. The smallest absolute Gasteiger partial charge is 0.219 e. The topological polar surface area (TPSA) is 23.6 Å². The Morgan fingerprint density at radius 1 is 1.47 bits per heavy atom. The standard InChI is InChI=1S/C16H24N2O/c1-6-13-10-16(17(4)12(3)19)14-9-11(2)7-8-15(14)18(13)5/h7-9,13,16H,6,10H2,1-5H3/t13-,16+/m1/s1. The number of carbonyl (C=O) groups excluding carboxylic acids is 1. The fraction of sp³-hybridized carbons (Fsp3) is 0.562. The average molecular weight is 260 g/mol. The molecule has 1 amide bonds. The summed E-state index contributed by atoms with van der Waals surface area (Å²) in [5, 5.41) is 0. The van der Waals surface area contributed by atoms with Crippen LogP contribution in [0.25, 0.3) is 0 Å². The summed E-state index contributed by atoms with van der Waals surface area (Å²) in [6, 6.07) is 7.27. The SMILES string of the molecule is CC[C@@H]1C[C@H](N(C)C(C)=O)c2cc(C)ccc2N1C. The summed E-state index contributed by atoms with van der Waals surface area (Å²) in [5.41, 5.74) is 3.80. The van der Waals surface area contributed by atoms with Crippen molar-refractivity contribution < 1.29 is 4.79 Å². The van der Waals surface area contributed by atoms with Gasteiger partial charge >= 0.3 is 0 Å². The molecule has 3 nitrogen and oxygen atoms in total. The average Bonchev–Trinajstić information content (AvgIpc) is 2.38. The molecule has 0 N–H and O–H groups in total. The van der Waals surface area contributed by atoms with Gasteiger partial charge in [0.2, 0.25) is 5.91 Å². The Hall–Kier alpha value is -1.51. The highest BCUT2D eigenvalue weighted by Crippen LogP contribution is 2.40. The molecule has 0 radical (unpaired) electrons. The number of nitrogens with zero attached hydrogens (tertiary/aromatic N) is 2. The maximum atomic E-state index is 11.7. The second kappa shape index (κ2) is 5.24. The van der Waals surface area contributed by atoms with Crippen molar-refractivity contribution >= 4 is 11.6 Å². The lowest BCUT2D eigenvalue weighted by Gasteiger charge is -2.43. The molecule has 0 bridgehead atoms. The Labute approximate surface area is 116 Å². The molecule has 1 aliphatic heterocycles. The molecule has 19 heavy (non-hydrogen) atoms. The fourth-order valence-corrected chi connectivity index (χ4v) is 3.03. The summed E-state index contributed by atoms with van der Waals surface area (Å²) in [7, 11) is 4.07. The van der Waals surface area contributed by atoms with Gasteiger partial charge in [-0.2, -0.15) is 0 Å². The van der Waals surface area contributed by atoms with Crippen LogP contribution in [-0.4, -0.2) is 30.9 Å². The van der Waals surface area contributed by atoms with Crippen molar-refractivity contribution in [2.45, 2.75) is 45.7 Å². The minimum absolute atomic E-state index is 0.136. The fourth-order valence-electron chi connectivity index (χ4n) is 3.03. The van der Waals surface area contributed by atoms with Crippen LogP contribution in [0.4, 0.5) is 5.69 Å². The number of hydrogen-bond donors (Lipinski definition) is 0. The first-order valence-electron chi connectivity index (χ1n) is 7.02. The van der Waals surface area contributed by atoms with Gasteiger partial charge in [0.25, 0.3) is 0 Å². The summed E-state index contributed by atoms with van der Waals surface area (Å²) in [6.07, 6.45) is 2.12. The number of hydrogen-bond acceptors (Lipinski definition) is 2. The first-order valence-corrected chi connectivity index (χ1v) is 7.02. The van der Waals surface area contributed by atoms with Crippen molar-refractivity contribution in [1.82, 2.24) is 4.90 Å². The zero-order valence-corrected chi connectivity index (χ0v) is 12.6. The third-order valence-electron chi connectivity index (χ3n) is 4.40. The Bertz CT molecular complexity index is 484. The molecule has 0 unspecified atom stereocenters. The molecule has 0 saturated carbocycles. The van der Waals surface area contributed by atoms with Gasteiger partial charge in [-0.15, -0.1) is 0 Å². The van der Waals surface area contributed by atoms with Crippen molar-refractivity contribution in [3.8, 4) is 0 Å². The molecule has 1 aromatic carbocycles. The summed E-state index contributed by atoms with van der Waals surface area (Å²) in [6.45, 7) is 5.97. The summed E-state index contributed by atoms with van der Waals surface area (Å²) < 4.78 is 0. The van der Waals surface area contributed by atoms with Crippen LogP contribution >= 0.6 is 0 Å². The maximum Gasteiger partial charge on any atom is 0.219 e. The van der Waals surface area contributed by atoms with Crippen molar-refractivity contribution in [3.63, 3.8) is 0 Å². The summed E-state index contributed by atoms with van der Waals surface area (Å²) in [4.78, 5) is 16.0. The lowest BCUT2D eigenvalue weighted by molar-refractivity contribution is -0.130. The van der Waals surface area contributed by atoms with Gasteiger partial charge in [0.15, 0.2) is 0 Å². The van der Waals surface area contributed by atoms with E-state index in [2.05, 4.69) is 44.0 Å². The van der Waals surface area contributed by atoms with E-state index in [0.29, 0.717) is 6.04 Å².